The second-order valence-corrected chi connectivity index (χ2v) is 7.06. The van der Waals surface area contributed by atoms with E-state index in [2.05, 4.69) is 5.32 Å². The van der Waals surface area contributed by atoms with Gasteiger partial charge in [-0.25, -0.2) is 8.42 Å². The normalized spacial score (nSPS) is 20.7. The maximum absolute atomic E-state index is 12.1. The van der Waals surface area contributed by atoms with Crippen molar-refractivity contribution < 1.29 is 8.42 Å². The van der Waals surface area contributed by atoms with E-state index >= 15 is 0 Å². The quantitative estimate of drug-likeness (QED) is 0.931. The van der Waals surface area contributed by atoms with Gasteiger partial charge in [-0.15, -0.1) is 0 Å². The minimum atomic E-state index is -3.27. The van der Waals surface area contributed by atoms with Crippen molar-refractivity contribution in [2.75, 3.05) is 18.8 Å². The predicted molar refractivity (Wildman–Crippen MR) is 69.5 cm³/mol. The van der Waals surface area contributed by atoms with Gasteiger partial charge in [-0.1, -0.05) is 23.2 Å². The molecule has 0 amide bonds. The van der Waals surface area contributed by atoms with E-state index in [4.69, 9.17) is 23.2 Å². The average Bonchev–Trinajstić information content (AvgIpc) is 2.73. The Bertz CT molecular complexity index is 510. The fraction of sp³-hybridized carbons (Fsp3) is 0.455. The molecule has 1 heterocycles. The summed E-state index contributed by atoms with van der Waals surface area (Å²) in [5.41, 5.74) is 0. The highest BCUT2D eigenvalue weighted by Crippen LogP contribution is 2.26. The van der Waals surface area contributed by atoms with Gasteiger partial charge in [0.25, 0.3) is 0 Å². The topological polar surface area (TPSA) is 46.2 Å². The third-order valence-corrected chi connectivity index (χ3v) is 5.49. The second-order valence-electron chi connectivity index (χ2n) is 4.22. The van der Waals surface area contributed by atoms with Crippen LogP contribution in [-0.4, -0.2) is 27.3 Å². The van der Waals surface area contributed by atoms with Gasteiger partial charge in [0.05, 0.1) is 20.7 Å². The lowest BCUT2D eigenvalue weighted by Crippen LogP contribution is -2.18. The molecule has 94 valence electrons. The summed E-state index contributed by atoms with van der Waals surface area (Å²) in [7, 11) is -3.27. The first-order valence-corrected chi connectivity index (χ1v) is 7.78. The van der Waals surface area contributed by atoms with E-state index in [-0.39, 0.29) is 21.6 Å². The van der Waals surface area contributed by atoms with Crippen molar-refractivity contribution in [2.24, 2.45) is 5.92 Å². The van der Waals surface area contributed by atoms with Gasteiger partial charge >= 0.3 is 0 Å². The Morgan fingerprint density at radius 1 is 1.29 bits per heavy atom. The van der Waals surface area contributed by atoms with Crippen molar-refractivity contribution in [3.05, 3.63) is 28.2 Å². The van der Waals surface area contributed by atoms with Crippen LogP contribution in [0.25, 0.3) is 0 Å². The van der Waals surface area contributed by atoms with Gasteiger partial charge in [0.2, 0.25) is 0 Å². The summed E-state index contributed by atoms with van der Waals surface area (Å²) in [6, 6.07) is 4.44. The van der Waals surface area contributed by atoms with E-state index in [0.717, 1.165) is 19.5 Å². The number of nitrogens with one attached hydrogen (secondary N) is 1. The van der Waals surface area contributed by atoms with Crippen LogP contribution in [0.2, 0.25) is 10.0 Å². The third kappa shape index (κ3) is 3.13. The molecule has 1 unspecified atom stereocenters. The molecule has 1 saturated heterocycles. The Morgan fingerprint density at radius 2 is 2.06 bits per heavy atom. The van der Waals surface area contributed by atoms with E-state index in [9.17, 15) is 8.42 Å². The first kappa shape index (κ1) is 13.1. The Labute approximate surface area is 111 Å². The van der Waals surface area contributed by atoms with E-state index in [1.165, 1.54) is 18.2 Å². The maximum Gasteiger partial charge on any atom is 0.178 e. The molecule has 0 aliphatic carbocycles. The zero-order valence-electron chi connectivity index (χ0n) is 9.12. The van der Waals surface area contributed by atoms with Crippen LogP contribution in [0.1, 0.15) is 6.42 Å². The van der Waals surface area contributed by atoms with Crippen molar-refractivity contribution in [1.82, 2.24) is 5.32 Å². The smallest absolute Gasteiger partial charge is 0.178 e. The largest absolute Gasteiger partial charge is 0.316 e. The van der Waals surface area contributed by atoms with Crippen LogP contribution in [0, 0.1) is 5.92 Å². The number of rotatable bonds is 3. The Morgan fingerprint density at radius 3 is 2.65 bits per heavy atom. The van der Waals surface area contributed by atoms with Gasteiger partial charge in [0, 0.05) is 0 Å². The SMILES string of the molecule is O=S(=O)(CC1CCNC1)c1ccc(Cl)c(Cl)c1. The molecule has 0 aromatic heterocycles. The minimum Gasteiger partial charge on any atom is -0.316 e. The lowest BCUT2D eigenvalue weighted by molar-refractivity contribution is 0.570. The van der Waals surface area contributed by atoms with Crippen LogP contribution in [-0.2, 0) is 9.84 Å². The number of halogens is 2. The summed E-state index contributed by atoms with van der Waals surface area (Å²) >= 11 is 11.6. The number of benzene rings is 1. The molecule has 6 heteroatoms. The van der Waals surface area contributed by atoms with Crippen molar-refractivity contribution in [1.29, 1.82) is 0 Å². The minimum absolute atomic E-state index is 0.165. The van der Waals surface area contributed by atoms with E-state index in [1.807, 2.05) is 0 Å². The van der Waals surface area contributed by atoms with Crippen LogP contribution in [0.15, 0.2) is 23.1 Å². The molecule has 1 atom stereocenters. The van der Waals surface area contributed by atoms with Crippen molar-refractivity contribution in [3.63, 3.8) is 0 Å². The molecule has 1 N–H and O–H groups in total. The molecule has 0 saturated carbocycles. The Balaban J connectivity index is 2.21. The molecule has 0 bridgehead atoms. The zero-order valence-corrected chi connectivity index (χ0v) is 11.4. The molecule has 1 aliphatic heterocycles. The standard InChI is InChI=1S/C11H13Cl2NO2S/c12-10-2-1-9(5-11(10)13)17(15,16)7-8-3-4-14-6-8/h1-2,5,8,14H,3-4,6-7H2. The van der Waals surface area contributed by atoms with E-state index in [0.29, 0.717) is 5.02 Å². The van der Waals surface area contributed by atoms with Crippen molar-refractivity contribution in [2.45, 2.75) is 11.3 Å². The highest BCUT2D eigenvalue weighted by molar-refractivity contribution is 7.91. The van der Waals surface area contributed by atoms with Crippen molar-refractivity contribution >= 4 is 33.0 Å². The van der Waals surface area contributed by atoms with Crippen molar-refractivity contribution in [3.8, 4) is 0 Å². The highest BCUT2D eigenvalue weighted by Gasteiger charge is 2.24. The van der Waals surface area contributed by atoms with Crippen LogP contribution < -0.4 is 5.32 Å². The van der Waals surface area contributed by atoms with Crippen LogP contribution in [0.4, 0.5) is 0 Å². The summed E-state index contributed by atoms with van der Waals surface area (Å²) < 4.78 is 24.2. The molecule has 17 heavy (non-hydrogen) atoms. The number of sulfone groups is 1. The van der Waals surface area contributed by atoms with Gasteiger partial charge in [-0.2, -0.15) is 0 Å². The third-order valence-electron chi connectivity index (χ3n) is 2.87. The van der Waals surface area contributed by atoms with Gasteiger partial charge in [0.15, 0.2) is 9.84 Å². The van der Waals surface area contributed by atoms with Gasteiger partial charge in [0.1, 0.15) is 0 Å². The van der Waals surface area contributed by atoms with Crippen LogP contribution >= 0.6 is 23.2 Å². The fourth-order valence-electron chi connectivity index (χ4n) is 1.93. The second kappa shape index (κ2) is 5.14. The summed E-state index contributed by atoms with van der Waals surface area (Å²) in [5.74, 6) is 0.354. The summed E-state index contributed by atoms with van der Waals surface area (Å²) in [6.45, 7) is 1.65. The average molecular weight is 294 g/mol. The Hall–Kier alpha value is -0.290. The monoisotopic (exact) mass is 293 g/mol. The molecule has 2 rings (SSSR count). The van der Waals surface area contributed by atoms with Gasteiger partial charge < -0.3 is 5.32 Å². The predicted octanol–water partition coefficient (Wildman–Crippen LogP) is 2.38. The Kier molecular flexibility index (Phi) is 3.98. The summed E-state index contributed by atoms with van der Waals surface area (Å²) in [4.78, 5) is 0.249. The molecule has 0 spiro atoms. The molecule has 1 aromatic carbocycles. The lowest BCUT2D eigenvalue weighted by atomic mass is 10.2. The van der Waals surface area contributed by atoms with Gasteiger partial charge in [-0.3, -0.25) is 0 Å². The van der Waals surface area contributed by atoms with E-state index in [1.54, 1.807) is 0 Å². The molecular formula is C11H13Cl2NO2S. The first-order chi connectivity index (χ1) is 7.99. The summed E-state index contributed by atoms with van der Waals surface area (Å²) in [6.07, 6.45) is 0.903. The van der Waals surface area contributed by atoms with Gasteiger partial charge in [-0.05, 0) is 43.6 Å². The zero-order chi connectivity index (χ0) is 12.5. The molecule has 1 aromatic rings. The molecular weight excluding hydrogens is 281 g/mol. The van der Waals surface area contributed by atoms with Crippen LogP contribution in [0.5, 0.6) is 0 Å². The molecule has 1 aliphatic rings. The molecule has 1 fully saturated rings. The van der Waals surface area contributed by atoms with E-state index < -0.39 is 9.84 Å². The maximum atomic E-state index is 12.1. The lowest BCUT2D eigenvalue weighted by Gasteiger charge is -2.10. The molecule has 0 radical (unpaired) electrons. The summed E-state index contributed by atoms with van der Waals surface area (Å²) in [5, 5.41) is 3.80. The fourth-order valence-corrected chi connectivity index (χ4v) is 3.97. The number of hydrogen-bond acceptors (Lipinski definition) is 3. The number of hydrogen-bond donors (Lipinski definition) is 1. The molecule has 3 nitrogen and oxygen atoms in total. The first-order valence-electron chi connectivity index (χ1n) is 5.37. The highest BCUT2D eigenvalue weighted by atomic mass is 35.5. The van der Waals surface area contributed by atoms with Crippen LogP contribution in [0.3, 0.4) is 0 Å².